The molecule has 0 aliphatic heterocycles. The zero-order valence-electron chi connectivity index (χ0n) is 19.8. The lowest BCUT2D eigenvalue weighted by atomic mass is 9.66. The van der Waals surface area contributed by atoms with Crippen LogP contribution in [-0.4, -0.2) is 42.3 Å². The third-order valence-corrected chi connectivity index (χ3v) is 7.97. The van der Waals surface area contributed by atoms with Crippen LogP contribution in [0.5, 0.6) is 0 Å². The highest BCUT2D eigenvalue weighted by Crippen LogP contribution is 2.45. The Morgan fingerprint density at radius 1 is 0.971 bits per heavy atom. The Kier molecular flexibility index (Phi) is 6.50. The van der Waals surface area contributed by atoms with Crippen LogP contribution in [-0.2, 0) is 14.3 Å². The summed E-state index contributed by atoms with van der Waals surface area (Å²) in [5.74, 6) is -0.625. The van der Waals surface area contributed by atoms with Crippen molar-refractivity contribution in [2.45, 2.75) is 56.9 Å². The fourth-order valence-electron chi connectivity index (χ4n) is 5.89. The number of carbonyl (C=O) groups is 3. The normalized spacial score (nSPS) is 21.6. The van der Waals surface area contributed by atoms with Crippen molar-refractivity contribution in [3.8, 4) is 11.1 Å². The number of nitrogens with one attached hydrogen (secondary N) is 2. The van der Waals surface area contributed by atoms with Gasteiger partial charge in [-0.3, -0.25) is 9.59 Å². The van der Waals surface area contributed by atoms with Gasteiger partial charge in [-0.05, 0) is 59.3 Å². The minimum Gasteiger partial charge on any atom is -0.481 e. The van der Waals surface area contributed by atoms with Gasteiger partial charge in [0.15, 0.2) is 0 Å². The summed E-state index contributed by atoms with van der Waals surface area (Å²) >= 11 is 0. The molecule has 0 saturated heterocycles. The maximum Gasteiger partial charge on any atom is 0.407 e. The molecule has 2 saturated carbocycles. The first-order valence-corrected chi connectivity index (χ1v) is 12.5. The van der Waals surface area contributed by atoms with E-state index in [2.05, 4.69) is 34.9 Å². The first kappa shape index (κ1) is 23.4. The maximum absolute atomic E-state index is 12.6. The van der Waals surface area contributed by atoms with Crippen LogP contribution in [0.15, 0.2) is 48.5 Å². The van der Waals surface area contributed by atoms with Crippen molar-refractivity contribution < 1.29 is 24.2 Å². The number of carboxylic acids is 1. The van der Waals surface area contributed by atoms with Crippen LogP contribution in [0.25, 0.3) is 11.1 Å². The summed E-state index contributed by atoms with van der Waals surface area (Å²) in [7, 11) is 0. The number of ether oxygens (including phenoxy) is 1. The number of hydrogen-bond donors (Lipinski definition) is 3. The van der Waals surface area contributed by atoms with Crippen molar-refractivity contribution in [2.24, 2.45) is 11.3 Å². The third-order valence-electron chi connectivity index (χ3n) is 7.97. The molecule has 0 unspecified atom stereocenters. The highest BCUT2D eigenvalue weighted by Gasteiger charge is 2.40. The summed E-state index contributed by atoms with van der Waals surface area (Å²) in [6, 6.07) is 16.5. The van der Waals surface area contributed by atoms with Gasteiger partial charge in [0.1, 0.15) is 6.61 Å². The van der Waals surface area contributed by atoms with Gasteiger partial charge >= 0.3 is 12.1 Å². The van der Waals surface area contributed by atoms with Crippen molar-refractivity contribution in [1.29, 1.82) is 0 Å². The molecule has 0 spiro atoms. The predicted molar refractivity (Wildman–Crippen MR) is 131 cm³/mol. The molecule has 5 rings (SSSR count). The van der Waals surface area contributed by atoms with Gasteiger partial charge in [-0.1, -0.05) is 55.0 Å². The molecular formula is C28H32N2O5. The van der Waals surface area contributed by atoms with Crippen molar-refractivity contribution in [1.82, 2.24) is 10.6 Å². The van der Waals surface area contributed by atoms with Gasteiger partial charge in [0.05, 0.1) is 0 Å². The summed E-state index contributed by atoms with van der Waals surface area (Å²) in [4.78, 5) is 36.0. The Balaban J connectivity index is 1.09. The standard InChI is InChI=1S/C28H32N2O5/c31-25(30-19-12-18(13-19)14-26(32)33)15-28(10-5-11-28)17-29-27(34)35-16-24-22-8-3-1-6-20(22)21-7-2-4-9-23(21)24/h1-4,6-9,18-19,24H,5,10-17H2,(H,29,34)(H,30,31)(H,32,33). The minimum absolute atomic E-state index is 0.0159. The number of alkyl carbamates (subject to hydrolysis) is 1. The SMILES string of the molecule is O=C(O)CC1CC(NC(=O)CC2(CNC(=O)OCC3c4ccccc4-c4ccccc43)CCC2)C1. The van der Waals surface area contributed by atoms with Gasteiger partial charge in [0, 0.05) is 31.3 Å². The Morgan fingerprint density at radius 2 is 1.60 bits per heavy atom. The molecule has 0 atom stereocenters. The maximum atomic E-state index is 12.6. The fourth-order valence-corrected chi connectivity index (χ4v) is 5.89. The summed E-state index contributed by atoms with van der Waals surface area (Å²) in [5, 5.41) is 14.8. The number of hydrogen-bond acceptors (Lipinski definition) is 4. The second-order valence-corrected chi connectivity index (χ2v) is 10.4. The molecule has 2 aromatic carbocycles. The largest absolute Gasteiger partial charge is 0.481 e. The van der Waals surface area contributed by atoms with E-state index in [4.69, 9.17) is 9.84 Å². The van der Waals surface area contributed by atoms with Crippen LogP contribution >= 0.6 is 0 Å². The first-order chi connectivity index (χ1) is 16.9. The van der Waals surface area contributed by atoms with E-state index in [1.807, 2.05) is 24.3 Å². The molecule has 0 bridgehead atoms. The van der Waals surface area contributed by atoms with E-state index in [1.54, 1.807) is 0 Å². The van der Waals surface area contributed by atoms with E-state index >= 15 is 0 Å². The van der Waals surface area contributed by atoms with Crippen LogP contribution in [0.1, 0.15) is 62.0 Å². The van der Waals surface area contributed by atoms with Gasteiger partial charge in [0.25, 0.3) is 0 Å². The van der Waals surface area contributed by atoms with Gasteiger partial charge in [0.2, 0.25) is 5.91 Å². The van der Waals surface area contributed by atoms with E-state index in [9.17, 15) is 14.4 Å². The quantitative estimate of drug-likeness (QED) is 0.496. The molecule has 2 amide bonds. The average molecular weight is 477 g/mol. The van der Waals surface area contributed by atoms with E-state index in [1.165, 1.54) is 22.3 Å². The lowest BCUT2D eigenvalue weighted by Gasteiger charge is -2.42. The van der Waals surface area contributed by atoms with Crippen molar-refractivity contribution in [2.75, 3.05) is 13.2 Å². The number of fused-ring (bicyclic) bond motifs is 3. The van der Waals surface area contributed by atoms with Gasteiger partial charge in [-0.2, -0.15) is 0 Å². The summed E-state index contributed by atoms with van der Waals surface area (Å²) < 4.78 is 5.64. The molecule has 0 radical (unpaired) electrons. The summed E-state index contributed by atoms with van der Waals surface area (Å²) in [5.41, 5.74) is 4.51. The second kappa shape index (κ2) is 9.72. The Bertz CT molecular complexity index is 1070. The number of aliphatic carboxylic acids is 1. The van der Waals surface area contributed by atoms with Gasteiger partial charge < -0.3 is 20.5 Å². The molecule has 2 aromatic rings. The van der Waals surface area contributed by atoms with Crippen LogP contribution in [0.2, 0.25) is 0 Å². The number of carbonyl (C=O) groups excluding carboxylic acids is 2. The Hall–Kier alpha value is -3.35. The molecule has 3 aliphatic carbocycles. The predicted octanol–water partition coefficient (Wildman–Crippen LogP) is 4.46. The average Bonchev–Trinajstić information content (AvgIpc) is 3.11. The topological polar surface area (TPSA) is 105 Å². The molecule has 184 valence electrons. The van der Waals surface area contributed by atoms with Crippen LogP contribution in [0.4, 0.5) is 4.79 Å². The molecule has 3 aliphatic rings. The number of amides is 2. The molecule has 0 heterocycles. The lowest BCUT2D eigenvalue weighted by molar-refractivity contribution is -0.139. The van der Waals surface area contributed by atoms with Crippen LogP contribution in [0.3, 0.4) is 0 Å². The molecule has 3 N–H and O–H groups in total. The Labute approximate surface area is 205 Å². The molecule has 7 heteroatoms. The first-order valence-electron chi connectivity index (χ1n) is 12.5. The molecule has 35 heavy (non-hydrogen) atoms. The third kappa shape index (κ3) is 5.04. The number of benzene rings is 2. The fraction of sp³-hybridized carbons (Fsp3) is 0.464. The smallest absolute Gasteiger partial charge is 0.407 e. The van der Waals surface area contributed by atoms with Gasteiger partial charge in [-0.15, -0.1) is 0 Å². The number of rotatable bonds is 9. The van der Waals surface area contributed by atoms with Gasteiger partial charge in [-0.25, -0.2) is 4.79 Å². The lowest BCUT2D eigenvalue weighted by Crippen LogP contribution is -2.49. The summed E-state index contributed by atoms with van der Waals surface area (Å²) in [6.07, 6.45) is 4.38. The van der Waals surface area contributed by atoms with E-state index < -0.39 is 12.1 Å². The van der Waals surface area contributed by atoms with Crippen molar-refractivity contribution in [3.05, 3.63) is 59.7 Å². The van der Waals surface area contributed by atoms with Crippen molar-refractivity contribution >= 4 is 18.0 Å². The molecular weight excluding hydrogens is 444 g/mol. The number of carboxylic acid groups (broad SMARTS) is 1. The Morgan fingerprint density at radius 3 is 2.17 bits per heavy atom. The van der Waals surface area contributed by atoms with E-state index in [0.717, 1.165) is 32.1 Å². The minimum atomic E-state index is -0.785. The van der Waals surface area contributed by atoms with Crippen molar-refractivity contribution in [3.63, 3.8) is 0 Å². The van der Waals surface area contributed by atoms with E-state index in [-0.39, 0.29) is 42.2 Å². The monoisotopic (exact) mass is 476 g/mol. The molecule has 2 fully saturated rings. The van der Waals surface area contributed by atoms with E-state index in [0.29, 0.717) is 13.0 Å². The highest BCUT2D eigenvalue weighted by molar-refractivity contribution is 5.79. The molecule has 0 aromatic heterocycles. The summed E-state index contributed by atoms with van der Waals surface area (Å²) in [6.45, 7) is 0.690. The molecule has 7 nitrogen and oxygen atoms in total. The second-order valence-electron chi connectivity index (χ2n) is 10.4. The van der Waals surface area contributed by atoms with Crippen LogP contribution < -0.4 is 10.6 Å². The zero-order valence-corrected chi connectivity index (χ0v) is 19.8. The highest BCUT2D eigenvalue weighted by atomic mass is 16.5. The zero-order chi connectivity index (χ0) is 24.4. The van der Waals surface area contributed by atoms with Crippen LogP contribution in [0, 0.1) is 11.3 Å².